The first kappa shape index (κ1) is 17.2. The van der Waals surface area contributed by atoms with Gasteiger partial charge in [-0.15, -0.1) is 11.3 Å². The van der Waals surface area contributed by atoms with Gasteiger partial charge >= 0.3 is 0 Å². The Kier molecular flexibility index (Phi) is 4.71. The van der Waals surface area contributed by atoms with E-state index in [-0.39, 0.29) is 5.54 Å². The summed E-state index contributed by atoms with van der Waals surface area (Å²) in [4.78, 5) is 17.0. The highest BCUT2D eigenvalue weighted by atomic mass is 32.1. The van der Waals surface area contributed by atoms with Crippen molar-refractivity contribution in [2.75, 3.05) is 40.8 Å². The second kappa shape index (κ2) is 6.83. The minimum atomic E-state index is 0.148. The summed E-state index contributed by atoms with van der Waals surface area (Å²) in [6.45, 7) is 5.56. The molecule has 0 atom stereocenters. The van der Waals surface area contributed by atoms with Gasteiger partial charge in [-0.05, 0) is 51.0 Å². The highest BCUT2D eigenvalue weighted by molar-refractivity contribution is 7.10. The highest BCUT2D eigenvalue weighted by Gasteiger charge is 2.44. The average molecular weight is 360 g/mol. The molecule has 0 unspecified atom stereocenters. The number of aromatic amines is 1. The lowest BCUT2D eigenvalue weighted by molar-refractivity contribution is 0.0224. The standard InChI is InChI=1S/C19H29N5S/c1-22(2)11-15-10-16(25-13-15)12-24-8-5-19(6-9-24)18-17(20-14-21-18)4-7-23(19)3/h10,13-14H,4-9,11-12H2,1-3H3,(H,20,21). The van der Waals surface area contributed by atoms with Gasteiger partial charge in [0.05, 0.1) is 17.6 Å². The summed E-state index contributed by atoms with van der Waals surface area (Å²) in [5, 5.41) is 2.31. The van der Waals surface area contributed by atoms with Crippen molar-refractivity contribution in [3.8, 4) is 0 Å². The molecule has 0 radical (unpaired) electrons. The maximum Gasteiger partial charge on any atom is 0.0926 e. The summed E-state index contributed by atoms with van der Waals surface area (Å²) < 4.78 is 0. The van der Waals surface area contributed by atoms with Crippen LogP contribution in [0.15, 0.2) is 17.8 Å². The molecule has 0 bridgehead atoms. The number of nitrogens with zero attached hydrogens (tertiary/aromatic N) is 4. The lowest BCUT2D eigenvalue weighted by Gasteiger charge is -2.49. The minimum Gasteiger partial charge on any atom is -0.348 e. The number of piperidine rings is 1. The number of likely N-dealkylation sites (tertiary alicyclic amines) is 1. The van der Waals surface area contributed by atoms with E-state index >= 15 is 0 Å². The fourth-order valence-corrected chi connectivity index (χ4v) is 5.39. The first-order chi connectivity index (χ1) is 12.1. The van der Waals surface area contributed by atoms with Gasteiger partial charge in [0, 0.05) is 49.7 Å². The number of aromatic nitrogens is 2. The van der Waals surface area contributed by atoms with E-state index in [1.54, 1.807) is 0 Å². The zero-order chi connectivity index (χ0) is 17.4. The predicted molar refractivity (Wildman–Crippen MR) is 103 cm³/mol. The number of likely N-dealkylation sites (N-methyl/N-ethyl adjacent to an activating group) is 1. The van der Waals surface area contributed by atoms with Gasteiger partial charge in [-0.25, -0.2) is 4.98 Å². The summed E-state index contributed by atoms with van der Waals surface area (Å²) in [6.07, 6.45) is 5.34. The molecule has 0 aromatic carbocycles. The van der Waals surface area contributed by atoms with Gasteiger partial charge in [0.1, 0.15) is 0 Å². The minimum absolute atomic E-state index is 0.148. The Hall–Kier alpha value is -1.21. The molecule has 2 aromatic rings. The third-order valence-electron chi connectivity index (χ3n) is 5.86. The zero-order valence-electron chi connectivity index (χ0n) is 15.6. The number of thiophene rings is 1. The van der Waals surface area contributed by atoms with Crippen LogP contribution in [-0.2, 0) is 25.0 Å². The van der Waals surface area contributed by atoms with Crippen LogP contribution in [0.4, 0.5) is 0 Å². The second-order valence-electron chi connectivity index (χ2n) is 7.87. The van der Waals surface area contributed by atoms with Crippen molar-refractivity contribution in [2.45, 2.75) is 37.9 Å². The summed E-state index contributed by atoms with van der Waals surface area (Å²) in [5.41, 5.74) is 4.25. The zero-order valence-corrected chi connectivity index (χ0v) is 16.4. The SMILES string of the molecule is CN(C)Cc1csc(CN2CCC3(CC2)c2nc[nH]c2CCN3C)c1. The number of rotatable bonds is 4. The van der Waals surface area contributed by atoms with Crippen LogP contribution in [0.1, 0.15) is 34.7 Å². The molecule has 0 amide bonds. The van der Waals surface area contributed by atoms with Gasteiger partial charge in [0.2, 0.25) is 0 Å². The fourth-order valence-electron chi connectivity index (χ4n) is 4.46. The molecule has 2 aliphatic heterocycles. The fraction of sp³-hybridized carbons (Fsp3) is 0.632. The molecule has 1 saturated heterocycles. The predicted octanol–water partition coefficient (Wildman–Crippen LogP) is 2.51. The van der Waals surface area contributed by atoms with E-state index in [9.17, 15) is 0 Å². The Morgan fingerprint density at radius 2 is 2.08 bits per heavy atom. The number of fused-ring (bicyclic) bond motifs is 2. The number of hydrogen-bond acceptors (Lipinski definition) is 5. The number of hydrogen-bond donors (Lipinski definition) is 1. The van der Waals surface area contributed by atoms with E-state index in [2.05, 4.69) is 52.3 Å². The van der Waals surface area contributed by atoms with Gasteiger partial charge in [0.25, 0.3) is 0 Å². The summed E-state index contributed by atoms with van der Waals surface area (Å²) in [6, 6.07) is 2.38. The van der Waals surface area contributed by atoms with Crippen molar-refractivity contribution in [3.63, 3.8) is 0 Å². The number of nitrogens with one attached hydrogen (secondary N) is 1. The summed E-state index contributed by atoms with van der Waals surface area (Å²) in [7, 11) is 6.54. The van der Waals surface area contributed by atoms with Crippen molar-refractivity contribution >= 4 is 11.3 Å². The number of H-pyrrole nitrogens is 1. The molecule has 1 fully saturated rings. The second-order valence-corrected chi connectivity index (χ2v) is 8.86. The van der Waals surface area contributed by atoms with E-state index in [1.807, 2.05) is 17.7 Å². The van der Waals surface area contributed by atoms with E-state index in [1.165, 1.54) is 34.7 Å². The van der Waals surface area contributed by atoms with E-state index in [0.717, 1.165) is 39.1 Å². The van der Waals surface area contributed by atoms with E-state index in [4.69, 9.17) is 4.98 Å². The molecule has 2 aromatic heterocycles. The Bertz CT molecular complexity index is 711. The summed E-state index contributed by atoms with van der Waals surface area (Å²) in [5.74, 6) is 0. The quantitative estimate of drug-likeness (QED) is 0.910. The van der Waals surface area contributed by atoms with Gasteiger partial charge in [0.15, 0.2) is 0 Å². The molecule has 2 aliphatic rings. The molecule has 0 saturated carbocycles. The Morgan fingerprint density at radius 3 is 2.84 bits per heavy atom. The molecule has 5 nitrogen and oxygen atoms in total. The molecule has 4 rings (SSSR count). The lowest BCUT2D eigenvalue weighted by atomic mass is 9.79. The molecule has 136 valence electrons. The lowest BCUT2D eigenvalue weighted by Crippen LogP contribution is -2.54. The smallest absolute Gasteiger partial charge is 0.0926 e. The molecule has 1 spiro atoms. The van der Waals surface area contributed by atoms with Crippen LogP contribution >= 0.6 is 11.3 Å². The van der Waals surface area contributed by atoms with Gasteiger partial charge in [-0.3, -0.25) is 9.80 Å². The van der Waals surface area contributed by atoms with Crippen LogP contribution < -0.4 is 0 Å². The highest BCUT2D eigenvalue weighted by Crippen LogP contribution is 2.41. The van der Waals surface area contributed by atoms with Crippen molar-refractivity contribution in [3.05, 3.63) is 39.6 Å². The molecule has 25 heavy (non-hydrogen) atoms. The van der Waals surface area contributed by atoms with E-state index < -0.39 is 0 Å². The van der Waals surface area contributed by atoms with Crippen LogP contribution in [0.5, 0.6) is 0 Å². The first-order valence-electron chi connectivity index (χ1n) is 9.24. The van der Waals surface area contributed by atoms with Crippen molar-refractivity contribution < 1.29 is 0 Å². The van der Waals surface area contributed by atoms with Crippen molar-refractivity contribution in [1.82, 2.24) is 24.7 Å². The molecule has 6 heteroatoms. The summed E-state index contributed by atoms with van der Waals surface area (Å²) >= 11 is 1.91. The van der Waals surface area contributed by atoms with Crippen molar-refractivity contribution in [2.24, 2.45) is 0 Å². The van der Waals surface area contributed by atoms with Crippen LogP contribution in [-0.4, -0.2) is 65.4 Å². The molecule has 1 N–H and O–H groups in total. The molecular weight excluding hydrogens is 330 g/mol. The molecule has 0 aliphatic carbocycles. The third-order valence-corrected chi connectivity index (χ3v) is 6.83. The largest absolute Gasteiger partial charge is 0.348 e. The van der Waals surface area contributed by atoms with Crippen LogP contribution in [0, 0.1) is 0 Å². The average Bonchev–Trinajstić information content (AvgIpc) is 3.22. The Morgan fingerprint density at radius 1 is 1.28 bits per heavy atom. The molecule has 4 heterocycles. The third kappa shape index (κ3) is 3.28. The van der Waals surface area contributed by atoms with Gasteiger partial charge in [-0.2, -0.15) is 0 Å². The van der Waals surface area contributed by atoms with Crippen molar-refractivity contribution in [1.29, 1.82) is 0 Å². The maximum atomic E-state index is 4.71. The normalized spacial score (nSPS) is 21.1. The van der Waals surface area contributed by atoms with E-state index in [0.29, 0.717) is 0 Å². The van der Waals surface area contributed by atoms with Gasteiger partial charge in [-0.1, -0.05) is 0 Å². The Labute approximate surface area is 154 Å². The topological polar surface area (TPSA) is 38.4 Å². The number of imidazole rings is 1. The van der Waals surface area contributed by atoms with Gasteiger partial charge < -0.3 is 9.88 Å². The van der Waals surface area contributed by atoms with Crippen LogP contribution in [0.25, 0.3) is 0 Å². The first-order valence-corrected chi connectivity index (χ1v) is 10.1. The van der Waals surface area contributed by atoms with Crippen LogP contribution in [0.3, 0.4) is 0 Å². The molecular formula is C19H29N5S. The van der Waals surface area contributed by atoms with Crippen LogP contribution in [0.2, 0.25) is 0 Å². The maximum absolute atomic E-state index is 4.71. The Balaban J connectivity index is 1.41. The monoisotopic (exact) mass is 359 g/mol.